The fourth-order valence-electron chi connectivity index (χ4n) is 1.16. The lowest BCUT2D eigenvalue weighted by molar-refractivity contribution is -0.138. The molecule has 0 saturated carbocycles. The van der Waals surface area contributed by atoms with Gasteiger partial charge in [-0.2, -0.15) is 8.78 Å². The molecule has 0 aliphatic rings. The van der Waals surface area contributed by atoms with Crippen LogP contribution in [0.15, 0.2) is 6.07 Å². The zero-order chi connectivity index (χ0) is 13.9. The van der Waals surface area contributed by atoms with Crippen LogP contribution in [-0.2, 0) is 4.79 Å². The van der Waals surface area contributed by atoms with Crippen LogP contribution >= 0.6 is 11.3 Å². The standard InChI is InChI=1S/C10H11F2NO4S/c1-4-3-6(17-10(11)12)7(18-4)8(14)13-5(2)9(15)16/h3,5,10H,1-2H3,(H,13,14)(H,15,16)/t5-/m1/s1. The summed E-state index contributed by atoms with van der Waals surface area (Å²) in [5, 5.41) is 10.8. The number of hydrogen-bond acceptors (Lipinski definition) is 4. The van der Waals surface area contributed by atoms with Crippen LogP contribution in [0.25, 0.3) is 0 Å². The van der Waals surface area contributed by atoms with Gasteiger partial charge >= 0.3 is 12.6 Å². The van der Waals surface area contributed by atoms with Gasteiger partial charge in [0.2, 0.25) is 0 Å². The summed E-state index contributed by atoms with van der Waals surface area (Å²) in [5.74, 6) is -2.21. The number of carbonyl (C=O) groups is 2. The topological polar surface area (TPSA) is 75.6 Å². The second kappa shape index (κ2) is 5.76. The molecule has 100 valence electrons. The SMILES string of the molecule is Cc1cc(OC(F)F)c(C(=O)N[C@H](C)C(=O)O)s1. The minimum absolute atomic E-state index is 0.0686. The number of alkyl halides is 2. The molecule has 0 fully saturated rings. The predicted molar refractivity (Wildman–Crippen MR) is 60.3 cm³/mol. The van der Waals surface area contributed by atoms with Crippen LogP contribution in [0.3, 0.4) is 0 Å². The van der Waals surface area contributed by atoms with Crippen LogP contribution in [0.1, 0.15) is 21.5 Å². The molecule has 8 heteroatoms. The third kappa shape index (κ3) is 3.66. The van der Waals surface area contributed by atoms with E-state index in [-0.39, 0.29) is 10.6 Å². The van der Waals surface area contributed by atoms with Crippen molar-refractivity contribution in [2.24, 2.45) is 0 Å². The Kier molecular flexibility index (Phi) is 4.60. The Morgan fingerprint density at radius 1 is 1.50 bits per heavy atom. The van der Waals surface area contributed by atoms with Crippen molar-refractivity contribution in [3.05, 3.63) is 15.8 Å². The zero-order valence-electron chi connectivity index (χ0n) is 9.57. The Labute approximate surface area is 105 Å². The number of halogens is 2. The van der Waals surface area contributed by atoms with Crippen molar-refractivity contribution in [1.82, 2.24) is 5.32 Å². The minimum atomic E-state index is -3.04. The highest BCUT2D eigenvalue weighted by Gasteiger charge is 2.22. The molecule has 0 bridgehead atoms. The van der Waals surface area contributed by atoms with Crippen LogP contribution in [-0.4, -0.2) is 29.6 Å². The van der Waals surface area contributed by atoms with Crippen molar-refractivity contribution in [3.63, 3.8) is 0 Å². The number of carboxylic acid groups (broad SMARTS) is 1. The number of aliphatic carboxylic acids is 1. The zero-order valence-corrected chi connectivity index (χ0v) is 10.4. The third-order valence-electron chi connectivity index (χ3n) is 1.96. The second-order valence-electron chi connectivity index (χ2n) is 3.46. The Bertz CT molecular complexity index is 461. The van der Waals surface area contributed by atoms with Crippen molar-refractivity contribution in [2.45, 2.75) is 26.5 Å². The van der Waals surface area contributed by atoms with Crippen LogP contribution in [0.2, 0.25) is 0 Å². The second-order valence-corrected chi connectivity index (χ2v) is 4.72. The van der Waals surface area contributed by atoms with E-state index in [1.807, 2.05) is 0 Å². The number of carboxylic acids is 1. The highest BCUT2D eigenvalue weighted by atomic mass is 32.1. The molecule has 1 rings (SSSR count). The number of nitrogens with one attached hydrogen (secondary N) is 1. The fraction of sp³-hybridized carbons (Fsp3) is 0.400. The average Bonchev–Trinajstić information content (AvgIpc) is 2.58. The Morgan fingerprint density at radius 2 is 2.11 bits per heavy atom. The normalized spacial score (nSPS) is 12.3. The van der Waals surface area contributed by atoms with E-state index < -0.39 is 24.5 Å². The first-order chi connectivity index (χ1) is 8.31. The summed E-state index contributed by atoms with van der Waals surface area (Å²) in [6, 6.07) is 0.191. The highest BCUT2D eigenvalue weighted by Crippen LogP contribution is 2.30. The first-order valence-corrected chi connectivity index (χ1v) is 5.71. The van der Waals surface area contributed by atoms with Gasteiger partial charge in [0.25, 0.3) is 5.91 Å². The van der Waals surface area contributed by atoms with Crippen molar-refractivity contribution < 1.29 is 28.2 Å². The van der Waals surface area contributed by atoms with E-state index in [1.54, 1.807) is 6.92 Å². The summed E-state index contributed by atoms with van der Waals surface area (Å²) < 4.78 is 28.4. The van der Waals surface area contributed by atoms with E-state index in [2.05, 4.69) is 10.1 Å². The predicted octanol–water partition coefficient (Wildman–Crippen LogP) is 1.86. The number of ether oxygens (including phenoxy) is 1. The number of hydrogen-bond donors (Lipinski definition) is 2. The lowest BCUT2D eigenvalue weighted by atomic mass is 10.3. The maximum atomic E-state index is 12.1. The van der Waals surface area contributed by atoms with Crippen molar-refractivity contribution in [1.29, 1.82) is 0 Å². The van der Waals surface area contributed by atoms with E-state index in [0.717, 1.165) is 11.3 Å². The smallest absolute Gasteiger partial charge is 0.387 e. The van der Waals surface area contributed by atoms with Crippen LogP contribution in [0, 0.1) is 6.92 Å². The molecular formula is C10H11F2NO4S. The molecule has 5 nitrogen and oxygen atoms in total. The summed E-state index contributed by atoms with van der Waals surface area (Å²) >= 11 is 0.955. The van der Waals surface area contributed by atoms with E-state index >= 15 is 0 Å². The van der Waals surface area contributed by atoms with Gasteiger partial charge in [0.15, 0.2) is 0 Å². The van der Waals surface area contributed by atoms with E-state index in [1.165, 1.54) is 13.0 Å². The molecule has 0 spiro atoms. The van der Waals surface area contributed by atoms with Crippen molar-refractivity contribution >= 4 is 23.2 Å². The number of amides is 1. The largest absolute Gasteiger partial charge is 0.480 e. The molecule has 0 aliphatic heterocycles. The molecule has 0 radical (unpaired) electrons. The summed E-state index contributed by atoms with van der Waals surface area (Å²) in [7, 11) is 0. The maximum Gasteiger partial charge on any atom is 0.387 e. The molecule has 1 amide bonds. The quantitative estimate of drug-likeness (QED) is 0.862. The monoisotopic (exact) mass is 279 g/mol. The Hall–Kier alpha value is -1.70. The molecule has 1 aromatic rings. The van der Waals surface area contributed by atoms with Gasteiger partial charge in [0.1, 0.15) is 16.7 Å². The molecule has 1 aromatic heterocycles. The summed E-state index contributed by atoms with van der Waals surface area (Å²) in [4.78, 5) is 22.8. The fourth-order valence-corrected chi connectivity index (χ4v) is 2.00. The van der Waals surface area contributed by atoms with Crippen LogP contribution < -0.4 is 10.1 Å². The summed E-state index contributed by atoms with van der Waals surface area (Å²) in [6.07, 6.45) is 0. The van der Waals surface area contributed by atoms with E-state index in [0.29, 0.717) is 4.88 Å². The van der Waals surface area contributed by atoms with Crippen molar-refractivity contribution in [3.8, 4) is 5.75 Å². The molecule has 0 saturated heterocycles. The minimum Gasteiger partial charge on any atom is -0.480 e. The van der Waals surface area contributed by atoms with Crippen LogP contribution in [0.5, 0.6) is 5.75 Å². The van der Waals surface area contributed by atoms with Gasteiger partial charge < -0.3 is 15.2 Å². The Morgan fingerprint density at radius 3 is 2.61 bits per heavy atom. The van der Waals surface area contributed by atoms with Gasteiger partial charge in [-0.3, -0.25) is 9.59 Å². The third-order valence-corrected chi connectivity index (χ3v) is 2.99. The lowest BCUT2D eigenvalue weighted by Gasteiger charge is -2.09. The van der Waals surface area contributed by atoms with E-state index in [4.69, 9.17) is 5.11 Å². The van der Waals surface area contributed by atoms with E-state index in [9.17, 15) is 18.4 Å². The Balaban J connectivity index is 2.88. The number of aryl methyl sites for hydroxylation is 1. The highest BCUT2D eigenvalue weighted by molar-refractivity contribution is 7.14. The average molecular weight is 279 g/mol. The van der Waals surface area contributed by atoms with Gasteiger partial charge in [-0.1, -0.05) is 0 Å². The molecular weight excluding hydrogens is 268 g/mol. The molecule has 0 aliphatic carbocycles. The summed E-state index contributed by atoms with van der Waals surface area (Å²) in [5.41, 5.74) is 0. The molecule has 0 aromatic carbocycles. The maximum absolute atomic E-state index is 12.1. The molecule has 1 heterocycles. The molecule has 0 unspecified atom stereocenters. The van der Waals surface area contributed by atoms with Gasteiger partial charge in [0, 0.05) is 4.88 Å². The van der Waals surface area contributed by atoms with Crippen LogP contribution in [0.4, 0.5) is 8.78 Å². The van der Waals surface area contributed by atoms with Gasteiger partial charge in [-0.05, 0) is 19.9 Å². The number of rotatable bonds is 5. The summed E-state index contributed by atoms with van der Waals surface area (Å²) in [6.45, 7) is -0.142. The molecule has 1 atom stereocenters. The van der Waals surface area contributed by atoms with Gasteiger partial charge in [0.05, 0.1) is 0 Å². The number of thiophene rings is 1. The first-order valence-electron chi connectivity index (χ1n) is 4.90. The molecule has 2 N–H and O–H groups in total. The van der Waals surface area contributed by atoms with Crippen molar-refractivity contribution in [2.75, 3.05) is 0 Å². The first kappa shape index (κ1) is 14.4. The van der Waals surface area contributed by atoms with Gasteiger partial charge in [-0.15, -0.1) is 11.3 Å². The molecule has 18 heavy (non-hydrogen) atoms. The lowest BCUT2D eigenvalue weighted by Crippen LogP contribution is -2.38. The number of carbonyl (C=O) groups excluding carboxylic acids is 1. The van der Waals surface area contributed by atoms with Gasteiger partial charge in [-0.25, -0.2) is 0 Å².